The second-order valence-electron chi connectivity index (χ2n) is 7.18. The topological polar surface area (TPSA) is 104 Å². The highest BCUT2D eigenvalue weighted by atomic mass is 16.5. The molecule has 0 saturated carbocycles. The van der Waals surface area contributed by atoms with Crippen LogP contribution < -0.4 is 4.90 Å². The van der Waals surface area contributed by atoms with E-state index in [0.717, 1.165) is 0 Å². The third-order valence-corrected chi connectivity index (χ3v) is 3.70. The molecule has 0 atom stereocenters. The van der Waals surface area contributed by atoms with Crippen molar-refractivity contribution in [1.29, 1.82) is 5.26 Å². The molecule has 0 aromatic carbocycles. The molecule has 0 amide bonds. The van der Waals surface area contributed by atoms with Gasteiger partial charge in [-0.2, -0.15) is 5.26 Å². The van der Waals surface area contributed by atoms with E-state index in [4.69, 9.17) is 9.84 Å². The molecule has 1 aromatic rings. The minimum Gasteiger partial charge on any atom is -0.481 e. The number of carboxylic acids is 1. The predicted octanol–water partition coefficient (Wildman–Crippen LogP) is 1.99. The number of esters is 1. The Labute approximate surface area is 140 Å². The summed E-state index contributed by atoms with van der Waals surface area (Å²) in [4.78, 5) is 29.2. The van der Waals surface area contributed by atoms with E-state index in [0.29, 0.717) is 24.6 Å². The quantitative estimate of drug-likeness (QED) is 0.841. The summed E-state index contributed by atoms with van der Waals surface area (Å²) in [6.07, 6.45) is 0. The highest BCUT2D eigenvalue weighted by molar-refractivity contribution is 5.91. The van der Waals surface area contributed by atoms with Crippen molar-refractivity contribution in [3.63, 3.8) is 0 Å². The Morgan fingerprint density at radius 3 is 2.58 bits per heavy atom. The molecular weight excluding hydrogens is 310 g/mol. The number of pyridine rings is 1. The molecule has 1 N–H and O–H groups in total. The van der Waals surface area contributed by atoms with E-state index in [-0.39, 0.29) is 23.1 Å². The van der Waals surface area contributed by atoms with Gasteiger partial charge in [-0.15, -0.1) is 0 Å². The summed E-state index contributed by atoms with van der Waals surface area (Å²) in [5.41, 5.74) is 0.807. The molecule has 1 fully saturated rings. The van der Waals surface area contributed by atoms with Crippen molar-refractivity contribution in [2.24, 2.45) is 11.3 Å². The van der Waals surface area contributed by atoms with E-state index in [1.165, 1.54) is 6.07 Å². The van der Waals surface area contributed by atoms with Gasteiger partial charge in [0.25, 0.3) is 0 Å². The van der Waals surface area contributed by atoms with Gasteiger partial charge in [0.2, 0.25) is 0 Å². The number of hydrogen-bond donors (Lipinski definition) is 1. The third kappa shape index (κ3) is 3.82. The molecular formula is C17H21N3O4. The predicted molar refractivity (Wildman–Crippen MR) is 86.8 cm³/mol. The number of aryl methyl sites for hydroxylation is 1. The van der Waals surface area contributed by atoms with E-state index < -0.39 is 17.9 Å². The molecule has 7 heteroatoms. The van der Waals surface area contributed by atoms with Crippen LogP contribution in [0, 0.1) is 29.6 Å². The fraction of sp³-hybridized carbons (Fsp3) is 0.529. The first-order valence-electron chi connectivity index (χ1n) is 7.69. The maximum atomic E-state index is 12.2. The molecule has 0 aliphatic carbocycles. The normalized spacial score (nSPS) is 14.7. The van der Waals surface area contributed by atoms with Gasteiger partial charge in [-0.25, -0.2) is 9.78 Å². The standard InChI is InChI=1S/C17H21N3O4/c1-10-13(16(23)24-9-17(2,3)4)5-11(6-18)14(19-10)20-7-12(8-20)15(21)22/h5,12H,7-9H2,1-4H3,(H,21,22). The molecule has 1 saturated heterocycles. The number of nitrogens with zero attached hydrogens (tertiary/aromatic N) is 3. The summed E-state index contributed by atoms with van der Waals surface area (Å²) in [6, 6.07) is 3.49. The van der Waals surface area contributed by atoms with Crippen LogP contribution in [-0.2, 0) is 9.53 Å². The lowest BCUT2D eigenvalue weighted by Crippen LogP contribution is -2.51. The van der Waals surface area contributed by atoms with E-state index in [1.807, 2.05) is 26.8 Å². The van der Waals surface area contributed by atoms with E-state index in [9.17, 15) is 14.9 Å². The number of ether oxygens (including phenoxy) is 1. The van der Waals surface area contributed by atoms with Crippen molar-refractivity contribution < 1.29 is 19.4 Å². The molecule has 0 unspecified atom stereocenters. The van der Waals surface area contributed by atoms with Gasteiger partial charge in [-0.05, 0) is 18.4 Å². The van der Waals surface area contributed by atoms with Gasteiger partial charge in [0.1, 0.15) is 11.9 Å². The summed E-state index contributed by atoms with van der Waals surface area (Å²) >= 11 is 0. The van der Waals surface area contributed by atoms with Crippen molar-refractivity contribution >= 4 is 17.8 Å². The van der Waals surface area contributed by atoms with Crippen LogP contribution in [0.15, 0.2) is 6.07 Å². The molecule has 2 heterocycles. The number of rotatable bonds is 4. The highest BCUT2D eigenvalue weighted by Crippen LogP contribution is 2.28. The summed E-state index contributed by atoms with van der Waals surface area (Å²) in [5, 5.41) is 18.3. The fourth-order valence-corrected chi connectivity index (χ4v) is 2.29. The minimum atomic E-state index is -0.858. The number of aromatic nitrogens is 1. The fourth-order valence-electron chi connectivity index (χ4n) is 2.29. The number of nitriles is 1. The maximum absolute atomic E-state index is 12.2. The Balaban J connectivity index is 2.20. The van der Waals surface area contributed by atoms with Gasteiger partial charge in [0, 0.05) is 13.1 Å². The van der Waals surface area contributed by atoms with E-state index in [1.54, 1.807) is 11.8 Å². The van der Waals surface area contributed by atoms with E-state index >= 15 is 0 Å². The average molecular weight is 331 g/mol. The molecule has 1 aliphatic heterocycles. The molecule has 24 heavy (non-hydrogen) atoms. The largest absolute Gasteiger partial charge is 0.481 e. The summed E-state index contributed by atoms with van der Waals surface area (Å²) in [6.45, 7) is 8.43. The van der Waals surface area contributed by atoms with Gasteiger partial charge >= 0.3 is 11.9 Å². The van der Waals surface area contributed by atoms with Crippen LogP contribution in [0.2, 0.25) is 0 Å². The van der Waals surface area contributed by atoms with Crippen LogP contribution in [0.3, 0.4) is 0 Å². The van der Waals surface area contributed by atoms with Crippen LogP contribution in [-0.4, -0.2) is 41.7 Å². The molecule has 0 bridgehead atoms. The van der Waals surface area contributed by atoms with Crippen molar-refractivity contribution in [2.45, 2.75) is 27.7 Å². The molecule has 2 rings (SSSR count). The Kier molecular flexibility index (Phi) is 4.78. The van der Waals surface area contributed by atoms with E-state index in [2.05, 4.69) is 4.98 Å². The molecule has 1 aromatic heterocycles. The molecule has 1 aliphatic rings. The minimum absolute atomic E-state index is 0.154. The van der Waals surface area contributed by atoms with Gasteiger partial charge in [0.15, 0.2) is 0 Å². The first-order valence-corrected chi connectivity index (χ1v) is 7.69. The lowest BCUT2D eigenvalue weighted by atomic mass is 9.98. The lowest BCUT2D eigenvalue weighted by Gasteiger charge is -2.38. The Morgan fingerprint density at radius 2 is 2.08 bits per heavy atom. The lowest BCUT2D eigenvalue weighted by molar-refractivity contribution is -0.142. The van der Waals surface area contributed by atoms with Gasteiger partial charge in [-0.1, -0.05) is 20.8 Å². The Bertz CT molecular complexity index is 710. The number of carbonyl (C=O) groups excluding carboxylic acids is 1. The van der Waals surface area contributed by atoms with Crippen LogP contribution in [0.1, 0.15) is 42.4 Å². The number of aliphatic carboxylic acids is 1. The van der Waals surface area contributed by atoms with Gasteiger partial charge in [-0.3, -0.25) is 4.79 Å². The smallest absolute Gasteiger partial charge is 0.340 e. The monoisotopic (exact) mass is 331 g/mol. The summed E-state index contributed by atoms with van der Waals surface area (Å²) in [5.74, 6) is -1.40. The number of carboxylic acid groups (broad SMARTS) is 1. The van der Waals surface area contributed by atoms with Crippen LogP contribution in [0.25, 0.3) is 0 Å². The first kappa shape index (κ1) is 17.7. The third-order valence-electron chi connectivity index (χ3n) is 3.70. The number of carbonyl (C=O) groups is 2. The second-order valence-corrected chi connectivity index (χ2v) is 7.18. The van der Waals surface area contributed by atoms with Gasteiger partial charge < -0.3 is 14.7 Å². The number of hydrogen-bond acceptors (Lipinski definition) is 6. The van der Waals surface area contributed by atoms with Crippen molar-refractivity contribution in [2.75, 3.05) is 24.6 Å². The zero-order chi connectivity index (χ0) is 18.1. The zero-order valence-electron chi connectivity index (χ0n) is 14.3. The summed E-state index contributed by atoms with van der Waals surface area (Å²) in [7, 11) is 0. The van der Waals surface area contributed by atoms with Crippen LogP contribution >= 0.6 is 0 Å². The number of anilines is 1. The zero-order valence-corrected chi connectivity index (χ0v) is 14.3. The van der Waals surface area contributed by atoms with Crippen LogP contribution in [0.4, 0.5) is 5.82 Å². The Morgan fingerprint density at radius 1 is 1.46 bits per heavy atom. The molecule has 0 spiro atoms. The van der Waals surface area contributed by atoms with Crippen molar-refractivity contribution in [3.05, 3.63) is 22.9 Å². The second kappa shape index (κ2) is 6.48. The molecule has 0 radical (unpaired) electrons. The maximum Gasteiger partial charge on any atom is 0.340 e. The molecule has 7 nitrogen and oxygen atoms in total. The molecule has 128 valence electrons. The average Bonchev–Trinajstić information content (AvgIpc) is 2.42. The van der Waals surface area contributed by atoms with Gasteiger partial charge in [0.05, 0.1) is 29.3 Å². The summed E-state index contributed by atoms with van der Waals surface area (Å²) < 4.78 is 5.28. The van der Waals surface area contributed by atoms with Crippen molar-refractivity contribution in [1.82, 2.24) is 4.98 Å². The van der Waals surface area contributed by atoms with Crippen molar-refractivity contribution in [3.8, 4) is 6.07 Å². The van der Waals surface area contributed by atoms with Crippen LogP contribution in [0.5, 0.6) is 0 Å². The first-order chi connectivity index (χ1) is 11.1. The SMILES string of the molecule is Cc1nc(N2CC(C(=O)O)C2)c(C#N)cc1C(=O)OCC(C)(C)C. The highest BCUT2D eigenvalue weighted by Gasteiger charge is 2.35. The Hall–Kier alpha value is -2.62.